The number of amides is 1. The standard InChI is InChI=1S/C46H53ClN6O6S2/c1-31-24-39(9-11-42(31)49-28-32-14-22-60(55,56)23-15-32)61(57,58)51-45(54)40-10-8-37(26-43(40)59-38-25-34-13-17-48-44(34)50-29-38)53-20-18-52(19-21-53)30-35-12-16-46(2,3)27-41(35)33-4-6-36(47)7-5-33/h4-11,13,17,24-26,29,32,49H,12,14-16,18-23,27-28,30H2,1-3H3,(H,48,50)(H,51,54). The molecule has 3 aliphatic rings. The van der Waals surface area contributed by atoms with Crippen LogP contribution in [0.15, 0.2) is 95.7 Å². The number of benzene rings is 3. The van der Waals surface area contributed by atoms with Crippen LogP contribution in [-0.4, -0.2) is 88.4 Å². The van der Waals surface area contributed by atoms with Crippen LogP contribution in [0.5, 0.6) is 11.5 Å². The first-order valence-corrected chi connectivity index (χ1v) is 24.6. The van der Waals surface area contributed by atoms with Crippen molar-refractivity contribution in [3.8, 4) is 11.5 Å². The number of hydrogen-bond donors (Lipinski definition) is 3. The van der Waals surface area contributed by atoms with Crippen molar-refractivity contribution in [2.45, 2.75) is 57.8 Å². The highest BCUT2D eigenvalue weighted by molar-refractivity contribution is 7.91. The number of carbonyl (C=O) groups is 1. The number of aromatic amines is 1. The number of fused-ring (bicyclic) bond motifs is 1. The number of nitrogens with one attached hydrogen (secondary N) is 3. The van der Waals surface area contributed by atoms with Crippen LogP contribution in [-0.2, 0) is 19.9 Å². The third-order valence-corrected chi connectivity index (χ3v) is 15.6. The minimum Gasteiger partial charge on any atom is -0.455 e. The number of allylic oxidation sites excluding steroid dienone is 1. The van der Waals surface area contributed by atoms with E-state index in [2.05, 4.69) is 55.8 Å². The van der Waals surface area contributed by atoms with Gasteiger partial charge in [0.15, 0.2) is 0 Å². The molecule has 1 amide bonds. The van der Waals surface area contributed by atoms with E-state index in [0.717, 1.165) is 73.8 Å². The Kier molecular flexibility index (Phi) is 12.3. The molecule has 8 rings (SSSR count). The lowest BCUT2D eigenvalue weighted by molar-refractivity contribution is 0.0979. The van der Waals surface area contributed by atoms with Crippen molar-refractivity contribution in [2.75, 3.05) is 61.0 Å². The van der Waals surface area contributed by atoms with Crippen LogP contribution < -0.4 is 19.7 Å². The zero-order chi connectivity index (χ0) is 42.9. The fourth-order valence-corrected chi connectivity index (χ4v) is 11.4. The van der Waals surface area contributed by atoms with E-state index < -0.39 is 25.8 Å². The fourth-order valence-electron chi connectivity index (χ4n) is 8.61. The highest BCUT2D eigenvalue weighted by atomic mass is 35.5. The first-order valence-electron chi connectivity index (χ1n) is 20.9. The second-order valence-electron chi connectivity index (χ2n) is 17.4. The minimum atomic E-state index is -4.28. The highest BCUT2D eigenvalue weighted by Gasteiger charge is 2.30. The van der Waals surface area contributed by atoms with E-state index in [1.165, 1.54) is 28.8 Å². The highest BCUT2D eigenvalue weighted by Crippen LogP contribution is 2.43. The number of nitrogens with zero attached hydrogens (tertiary/aromatic N) is 3. The summed E-state index contributed by atoms with van der Waals surface area (Å²) in [6.07, 6.45) is 7.78. The maximum atomic E-state index is 13.9. The number of sulfone groups is 1. The second-order valence-corrected chi connectivity index (χ2v) is 21.9. The number of aryl methyl sites for hydroxylation is 1. The van der Waals surface area contributed by atoms with Crippen molar-refractivity contribution < 1.29 is 26.4 Å². The Morgan fingerprint density at radius 1 is 0.984 bits per heavy atom. The van der Waals surface area contributed by atoms with Gasteiger partial charge >= 0.3 is 0 Å². The second kappa shape index (κ2) is 17.5. The van der Waals surface area contributed by atoms with Gasteiger partial charge in [-0.15, -0.1) is 0 Å². The largest absolute Gasteiger partial charge is 0.455 e. The summed E-state index contributed by atoms with van der Waals surface area (Å²) in [6, 6.07) is 21.8. The topological polar surface area (TPSA) is 154 Å². The maximum absolute atomic E-state index is 13.9. The van der Waals surface area contributed by atoms with Gasteiger partial charge in [-0.1, -0.05) is 43.2 Å². The number of sulfonamides is 1. The van der Waals surface area contributed by atoms with Gasteiger partial charge in [-0.3, -0.25) is 9.69 Å². The first-order chi connectivity index (χ1) is 29.1. The Morgan fingerprint density at radius 2 is 1.74 bits per heavy atom. The third kappa shape index (κ3) is 10.3. The number of rotatable bonds is 12. The van der Waals surface area contributed by atoms with Gasteiger partial charge in [-0.05, 0) is 122 Å². The monoisotopic (exact) mass is 884 g/mol. The zero-order valence-corrected chi connectivity index (χ0v) is 37.2. The predicted octanol–water partition coefficient (Wildman–Crippen LogP) is 8.46. The van der Waals surface area contributed by atoms with Crippen LogP contribution >= 0.6 is 11.6 Å². The number of halogens is 1. The Labute approximate surface area is 363 Å². The molecule has 2 aliphatic heterocycles. The molecule has 4 heterocycles. The Hall–Kier alpha value is -4.89. The van der Waals surface area contributed by atoms with Crippen LogP contribution in [0, 0.1) is 18.3 Å². The smallest absolute Gasteiger partial charge is 0.268 e. The average Bonchev–Trinajstić information content (AvgIpc) is 3.70. The number of aromatic nitrogens is 2. The van der Waals surface area contributed by atoms with E-state index in [1.54, 1.807) is 37.5 Å². The van der Waals surface area contributed by atoms with Crippen LogP contribution in [0.4, 0.5) is 11.4 Å². The summed E-state index contributed by atoms with van der Waals surface area (Å²) in [5, 5.41) is 4.91. The minimum absolute atomic E-state index is 0.0558. The van der Waals surface area contributed by atoms with Crippen molar-refractivity contribution in [1.82, 2.24) is 19.6 Å². The normalized spacial score (nSPS) is 18.6. The first kappa shape index (κ1) is 42.8. The van der Waals surface area contributed by atoms with E-state index in [-0.39, 0.29) is 39.0 Å². The van der Waals surface area contributed by atoms with Crippen LogP contribution in [0.3, 0.4) is 0 Å². The number of carbonyl (C=O) groups excluding carboxylic acids is 1. The summed E-state index contributed by atoms with van der Waals surface area (Å²) >= 11 is 6.25. The number of pyridine rings is 1. The molecular weight excluding hydrogens is 832 g/mol. The number of anilines is 2. The SMILES string of the molecule is Cc1cc(S(=O)(=O)NC(=O)c2ccc(N3CCN(CC4=C(c5ccc(Cl)cc5)CC(C)(C)CC4)CC3)cc2Oc2cnc3[nH]ccc3c2)ccc1NCC1CCS(=O)(=O)CC1. The lowest BCUT2D eigenvalue weighted by Gasteiger charge is -2.39. The summed E-state index contributed by atoms with van der Waals surface area (Å²) in [4.78, 5) is 26.2. The quantitative estimate of drug-likeness (QED) is 0.111. The van der Waals surface area contributed by atoms with Crippen LogP contribution in [0.1, 0.15) is 67.4 Å². The predicted molar refractivity (Wildman–Crippen MR) is 243 cm³/mol. The van der Waals surface area contributed by atoms with Gasteiger partial charge in [0.1, 0.15) is 27.0 Å². The molecule has 2 fully saturated rings. The molecule has 0 atom stereocenters. The molecule has 0 unspecified atom stereocenters. The van der Waals surface area contributed by atoms with Crippen molar-refractivity contribution in [3.63, 3.8) is 0 Å². The van der Waals surface area contributed by atoms with Gasteiger partial charge in [0, 0.05) is 73.3 Å². The molecular formula is C46H53ClN6O6S2. The molecule has 0 spiro atoms. The third-order valence-electron chi connectivity index (χ3n) is 12.3. The summed E-state index contributed by atoms with van der Waals surface area (Å²) < 4.78 is 59.7. The van der Waals surface area contributed by atoms with Crippen LogP contribution in [0.25, 0.3) is 16.6 Å². The molecule has 0 radical (unpaired) electrons. The molecule has 3 aromatic carbocycles. The van der Waals surface area contributed by atoms with Gasteiger partial charge < -0.3 is 19.9 Å². The fraction of sp³-hybridized carbons (Fsp3) is 0.391. The maximum Gasteiger partial charge on any atom is 0.268 e. The summed E-state index contributed by atoms with van der Waals surface area (Å²) in [6.45, 7) is 11.2. The van der Waals surface area contributed by atoms with Crippen molar-refractivity contribution in [3.05, 3.63) is 112 Å². The van der Waals surface area contributed by atoms with Gasteiger partial charge in [-0.25, -0.2) is 26.5 Å². The molecule has 12 nitrogen and oxygen atoms in total. The lowest BCUT2D eigenvalue weighted by Crippen LogP contribution is -2.47. The average molecular weight is 886 g/mol. The van der Waals surface area contributed by atoms with Gasteiger partial charge in [0.05, 0.1) is 28.2 Å². The summed E-state index contributed by atoms with van der Waals surface area (Å²) in [5.74, 6) is 0.371. The molecule has 322 valence electrons. The Balaban J connectivity index is 0.976. The van der Waals surface area contributed by atoms with Gasteiger partial charge in [0.2, 0.25) is 0 Å². The Bertz CT molecular complexity index is 2680. The number of hydrogen-bond acceptors (Lipinski definition) is 10. The van der Waals surface area contributed by atoms with Crippen molar-refractivity contribution in [1.29, 1.82) is 0 Å². The molecule has 1 aliphatic carbocycles. The lowest BCUT2D eigenvalue weighted by atomic mass is 9.72. The molecule has 61 heavy (non-hydrogen) atoms. The van der Waals surface area contributed by atoms with E-state index in [9.17, 15) is 21.6 Å². The molecule has 2 aromatic heterocycles. The molecule has 2 saturated heterocycles. The molecule has 0 bridgehead atoms. The van der Waals surface area contributed by atoms with Crippen molar-refractivity contribution in [2.24, 2.45) is 11.3 Å². The van der Waals surface area contributed by atoms with Gasteiger partial charge in [0.25, 0.3) is 15.9 Å². The molecule has 3 N–H and O–H groups in total. The number of H-pyrrole nitrogens is 1. The van der Waals surface area contributed by atoms with E-state index >= 15 is 0 Å². The van der Waals surface area contributed by atoms with E-state index in [0.29, 0.717) is 36.3 Å². The molecule has 0 saturated carbocycles. The Morgan fingerprint density at radius 3 is 2.48 bits per heavy atom. The zero-order valence-electron chi connectivity index (χ0n) is 34.8. The summed E-state index contributed by atoms with van der Waals surface area (Å²) in [5.41, 5.74) is 7.44. The van der Waals surface area contributed by atoms with Crippen molar-refractivity contribution >= 4 is 65.3 Å². The van der Waals surface area contributed by atoms with Gasteiger partial charge in [-0.2, -0.15) is 0 Å². The summed E-state index contributed by atoms with van der Waals surface area (Å²) in [7, 11) is -7.23. The van der Waals surface area contributed by atoms with Crippen LogP contribution in [0.2, 0.25) is 5.02 Å². The number of ether oxygens (including phenoxy) is 1. The number of piperazine rings is 1. The van der Waals surface area contributed by atoms with E-state index in [4.69, 9.17) is 16.3 Å². The molecule has 5 aromatic rings. The van der Waals surface area contributed by atoms with E-state index in [1.807, 2.05) is 30.3 Å². The molecule has 15 heteroatoms.